The Morgan fingerprint density at radius 2 is 2.00 bits per heavy atom. The molecule has 0 bridgehead atoms. The summed E-state index contributed by atoms with van der Waals surface area (Å²) in [4.78, 5) is 24.4. The molecule has 34 heavy (non-hydrogen) atoms. The van der Waals surface area contributed by atoms with Crippen molar-refractivity contribution in [1.29, 1.82) is 5.26 Å². The number of amides is 1. The molecule has 0 saturated carbocycles. The van der Waals surface area contributed by atoms with Crippen LogP contribution in [0.25, 0.3) is 22.7 Å². The van der Waals surface area contributed by atoms with Crippen molar-refractivity contribution in [1.82, 2.24) is 9.78 Å². The molecule has 0 radical (unpaired) electrons. The van der Waals surface area contributed by atoms with Crippen LogP contribution in [0, 0.1) is 24.1 Å². The Bertz CT molecular complexity index is 1460. The number of benzene rings is 2. The average molecular weight is 479 g/mol. The zero-order valence-corrected chi connectivity index (χ0v) is 18.5. The lowest BCUT2D eigenvalue weighted by Crippen LogP contribution is -2.20. The number of fused-ring (bicyclic) bond motifs is 1. The van der Waals surface area contributed by atoms with E-state index in [2.05, 4.69) is 10.4 Å². The number of hydrogen-bond donors (Lipinski definition) is 1. The number of nitrogens with zero attached hydrogens (tertiary/aromatic N) is 3. The highest BCUT2D eigenvalue weighted by Crippen LogP contribution is 2.30. The van der Waals surface area contributed by atoms with Crippen molar-refractivity contribution in [2.75, 3.05) is 11.9 Å². The van der Waals surface area contributed by atoms with Crippen LogP contribution in [-0.4, -0.2) is 28.3 Å². The summed E-state index contributed by atoms with van der Waals surface area (Å²) in [7, 11) is 0. The number of esters is 1. The first-order chi connectivity index (χ1) is 16.4. The summed E-state index contributed by atoms with van der Waals surface area (Å²) < 4.78 is 25.0. The van der Waals surface area contributed by atoms with Crippen LogP contribution in [0.4, 0.5) is 10.1 Å². The highest BCUT2D eigenvalue weighted by atomic mass is 35.5. The summed E-state index contributed by atoms with van der Waals surface area (Å²) in [6.45, 7) is 1.13. The Morgan fingerprint density at radius 3 is 2.74 bits per heavy atom. The van der Waals surface area contributed by atoms with Crippen LogP contribution < -0.4 is 5.32 Å². The zero-order chi connectivity index (χ0) is 24.2. The molecule has 0 aliphatic carbocycles. The second kappa shape index (κ2) is 9.60. The Morgan fingerprint density at radius 1 is 1.26 bits per heavy atom. The minimum Gasteiger partial charge on any atom is -0.452 e. The molecular formula is C24H16ClFN4O4. The van der Waals surface area contributed by atoms with E-state index in [9.17, 15) is 19.2 Å². The van der Waals surface area contributed by atoms with Gasteiger partial charge in [0.15, 0.2) is 6.61 Å². The van der Waals surface area contributed by atoms with Gasteiger partial charge >= 0.3 is 5.97 Å². The fourth-order valence-corrected chi connectivity index (χ4v) is 3.55. The van der Waals surface area contributed by atoms with E-state index in [0.29, 0.717) is 27.9 Å². The number of hydrogen-bond acceptors (Lipinski definition) is 6. The zero-order valence-electron chi connectivity index (χ0n) is 17.7. The highest BCUT2D eigenvalue weighted by molar-refractivity contribution is 6.31. The minimum absolute atomic E-state index is 0.0518. The number of aryl methyl sites for hydroxylation is 1. The van der Waals surface area contributed by atoms with Gasteiger partial charge in [-0.15, -0.1) is 0 Å². The molecule has 0 unspecified atom stereocenters. The lowest BCUT2D eigenvalue weighted by Gasteiger charge is -2.04. The molecule has 0 saturated heterocycles. The molecule has 0 atom stereocenters. The van der Waals surface area contributed by atoms with Gasteiger partial charge in [0.1, 0.15) is 28.3 Å². The van der Waals surface area contributed by atoms with Crippen LogP contribution >= 0.6 is 11.6 Å². The summed E-state index contributed by atoms with van der Waals surface area (Å²) in [6, 6.07) is 14.3. The van der Waals surface area contributed by atoms with Gasteiger partial charge in [0.05, 0.1) is 11.4 Å². The van der Waals surface area contributed by atoms with Gasteiger partial charge < -0.3 is 14.5 Å². The van der Waals surface area contributed by atoms with Crippen molar-refractivity contribution in [2.24, 2.45) is 0 Å². The summed E-state index contributed by atoms with van der Waals surface area (Å²) in [6.07, 6.45) is 2.54. The summed E-state index contributed by atoms with van der Waals surface area (Å²) in [5, 5.41) is 16.9. The first kappa shape index (κ1) is 22.8. The number of nitrogens with one attached hydrogen (secondary N) is 1. The van der Waals surface area contributed by atoms with Gasteiger partial charge in [0.2, 0.25) is 5.76 Å². The quantitative estimate of drug-likeness (QED) is 0.315. The lowest BCUT2D eigenvalue weighted by atomic mass is 10.2. The molecule has 0 spiro atoms. The monoisotopic (exact) mass is 478 g/mol. The molecular weight excluding hydrogens is 463 g/mol. The molecule has 4 rings (SSSR count). The van der Waals surface area contributed by atoms with E-state index in [0.717, 1.165) is 6.08 Å². The standard InChI is InChI=1S/C24H16ClFN4O4/c1-14-17(24(25)30(29-14)16-8-6-15(26)7-9-16)10-11-22(32)33-13-21(31)28-23-18-4-2-3-5-19(18)34-20(23)12-27/h2-11H,13H2,1H3,(H,28,31). The molecule has 2 aromatic heterocycles. The number of furan rings is 1. The van der Waals surface area contributed by atoms with Crippen molar-refractivity contribution >= 4 is 46.2 Å². The number of ether oxygens (including phenoxy) is 1. The fraction of sp³-hybridized carbons (Fsp3) is 0.0833. The largest absolute Gasteiger partial charge is 0.452 e. The molecule has 4 aromatic rings. The van der Waals surface area contributed by atoms with Crippen LogP contribution in [-0.2, 0) is 14.3 Å². The van der Waals surface area contributed by atoms with Crippen LogP contribution in [0.2, 0.25) is 5.15 Å². The smallest absolute Gasteiger partial charge is 0.331 e. The van der Waals surface area contributed by atoms with E-state index in [1.54, 1.807) is 31.2 Å². The average Bonchev–Trinajstić information content (AvgIpc) is 3.33. The van der Waals surface area contributed by atoms with Crippen molar-refractivity contribution < 1.29 is 23.1 Å². The predicted molar refractivity (Wildman–Crippen MR) is 123 cm³/mol. The normalized spacial score (nSPS) is 11.0. The lowest BCUT2D eigenvalue weighted by molar-refractivity contribution is -0.142. The summed E-state index contributed by atoms with van der Waals surface area (Å²) >= 11 is 6.37. The third kappa shape index (κ3) is 4.67. The fourth-order valence-electron chi connectivity index (χ4n) is 3.21. The Balaban J connectivity index is 1.40. The van der Waals surface area contributed by atoms with Crippen LogP contribution in [0.1, 0.15) is 17.0 Å². The second-order valence-electron chi connectivity index (χ2n) is 7.08. The number of rotatable bonds is 6. The topological polar surface area (TPSA) is 110 Å². The van der Waals surface area contributed by atoms with Crippen molar-refractivity contribution in [2.45, 2.75) is 6.92 Å². The number of halogens is 2. The molecule has 10 heteroatoms. The molecule has 2 aromatic carbocycles. The van der Waals surface area contributed by atoms with Crippen molar-refractivity contribution in [3.8, 4) is 11.8 Å². The highest BCUT2D eigenvalue weighted by Gasteiger charge is 2.17. The number of anilines is 1. The van der Waals surface area contributed by atoms with E-state index in [4.69, 9.17) is 20.8 Å². The maximum atomic E-state index is 13.2. The van der Waals surface area contributed by atoms with Gasteiger partial charge in [-0.1, -0.05) is 23.7 Å². The summed E-state index contributed by atoms with van der Waals surface area (Å²) in [5.41, 5.74) is 2.22. The number of nitriles is 1. The number of para-hydroxylation sites is 1. The molecule has 0 aliphatic rings. The summed E-state index contributed by atoms with van der Waals surface area (Å²) in [5.74, 6) is -1.86. The Labute approximate surface area is 197 Å². The second-order valence-corrected chi connectivity index (χ2v) is 7.44. The molecule has 170 valence electrons. The first-order valence-electron chi connectivity index (χ1n) is 9.94. The molecule has 0 aliphatic heterocycles. The van der Waals surface area contributed by atoms with Crippen LogP contribution in [0.15, 0.2) is 59.0 Å². The Kier molecular flexibility index (Phi) is 6.43. The SMILES string of the molecule is Cc1nn(-c2ccc(F)cc2)c(Cl)c1C=CC(=O)OCC(=O)Nc1c(C#N)oc2ccccc12. The number of carbonyl (C=O) groups excluding carboxylic acids is 2. The van der Waals surface area contributed by atoms with E-state index in [-0.39, 0.29) is 22.4 Å². The maximum Gasteiger partial charge on any atom is 0.331 e. The molecule has 1 N–H and O–H groups in total. The molecule has 2 heterocycles. The molecule has 8 nitrogen and oxygen atoms in total. The third-order valence-corrected chi connectivity index (χ3v) is 5.18. The Hall–Kier alpha value is -4.42. The van der Waals surface area contributed by atoms with E-state index in [1.165, 1.54) is 35.0 Å². The molecule has 0 fully saturated rings. The third-order valence-electron chi connectivity index (χ3n) is 4.81. The van der Waals surface area contributed by atoms with E-state index < -0.39 is 18.5 Å². The van der Waals surface area contributed by atoms with Gasteiger partial charge in [-0.25, -0.2) is 13.9 Å². The van der Waals surface area contributed by atoms with Crippen molar-refractivity contribution in [3.05, 3.63) is 82.6 Å². The van der Waals surface area contributed by atoms with Gasteiger partial charge in [0, 0.05) is 17.0 Å². The number of carbonyl (C=O) groups is 2. The van der Waals surface area contributed by atoms with Crippen molar-refractivity contribution in [3.63, 3.8) is 0 Å². The van der Waals surface area contributed by atoms with Gasteiger partial charge in [-0.3, -0.25) is 4.79 Å². The molecule has 1 amide bonds. The van der Waals surface area contributed by atoms with Gasteiger partial charge in [-0.2, -0.15) is 10.4 Å². The van der Waals surface area contributed by atoms with Crippen LogP contribution in [0.5, 0.6) is 0 Å². The van der Waals surface area contributed by atoms with E-state index >= 15 is 0 Å². The van der Waals surface area contributed by atoms with Gasteiger partial charge in [-0.05, 0) is 49.4 Å². The minimum atomic E-state index is -0.780. The number of aromatic nitrogens is 2. The van der Waals surface area contributed by atoms with Gasteiger partial charge in [0.25, 0.3) is 5.91 Å². The van der Waals surface area contributed by atoms with E-state index in [1.807, 2.05) is 6.07 Å². The first-order valence-corrected chi connectivity index (χ1v) is 10.3. The maximum absolute atomic E-state index is 13.2. The van der Waals surface area contributed by atoms with Crippen LogP contribution in [0.3, 0.4) is 0 Å². The predicted octanol–water partition coefficient (Wildman–Crippen LogP) is 4.79.